The molecule has 2 aliphatic rings. The van der Waals surface area contributed by atoms with Crippen LogP contribution in [0.4, 0.5) is 0 Å². The number of hydrogen-bond donors (Lipinski definition) is 1. The fourth-order valence-corrected chi connectivity index (χ4v) is 2.92. The van der Waals surface area contributed by atoms with E-state index in [0.717, 1.165) is 12.8 Å². The lowest BCUT2D eigenvalue weighted by molar-refractivity contribution is -0.154. The van der Waals surface area contributed by atoms with Gasteiger partial charge in [-0.15, -0.1) is 0 Å². The van der Waals surface area contributed by atoms with E-state index in [1.807, 2.05) is 0 Å². The van der Waals surface area contributed by atoms with Crippen LogP contribution in [0.3, 0.4) is 0 Å². The summed E-state index contributed by atoms with van der Waals surface area (Å²) in [5.74, 6) is -0.642. The number of nitrogens with zero attached hydrogens (tertiary/aromatic N) is 2. The highest BCUT2D eigenvalue weighted by atomic mass is 16.5. The number of ether oxygens (including phenoxy) is 1. The molecular weight excluding hydrogens is 274 g/mol. The molecule has 2 saturated heterocycles. The number of carbonyl (C=O) groups is 3. The number of morpholine rings is 1. The molecule has 2 atom stereocenters. The summed E-state index contributed by atoms with van der Waals surface area (Å²) >= 11 is 0. The molecule has 0 saturated carbocycles. The van der Waals surface area contributed by atoms with E-state index in [1.54, 1.807) is 16.7 Å². The maximum absolute atomic E-state index is 12.7. The van der Waals surface area contributed by atoms with Crippen molar-refractivity contribution in [2.24, 2.45) is 5.73 Å². The largest absolute Gasteiger partial charge is 0.367 e. The van der Waals surface area contributed by atoms with Crippen LogP contribution in [0.5, 0.6) is 0 Å². The van der Waals surface area contributed by atoms with Crippen molar-refractivity contribution in [3.05, 3.63) is 0 Å². The maximum Gasteiger partial charge on any atom is 0.248 e. The summed E-state index contributed by atoms with van der Waals surface area (Å²) in [6.07, 6.45) is 2.21. The lowest BCUT2D eigenvalue weighted by atomic mass is 10.00. The molecule has 2 unspecified atom stereocenters. The Balaban J connectivity index is 2.06. The van der Waals surface area contributed by atoms with E-state index in [4.69, 9.17) is 10.5 Å². The Morgan fingerprint density at radius 2 is 2.00 bits per heavy atom. The van der Waals surface area contributed by atoms with Gasteiger partial charge in [0.25, 0.3) is 0 Å². The summed E-state index contributed by atoms with van der Waals surface area (Å²) < 4.78 is 5.25. The van der Waals surface area contributed by atoms with Gasteiger partial charge in [-0.05, 0) is 19.3 Å². The Kier molecular flexibility index (Phi) is 5.17. The smallest absolute Gasteiger partial charge is 0.248 e. The van der Waals surface area contributed by atoms with Gasteiger partial charge in [-0.25, -0.2) is 0 Å². The number of hydrogen-bond acceptors (Lipinski definition) is 4. The first kappa shape index (κ1) is 15.8. The van der Waals surface area contributed by atoms with Gasteiger partial charge in [0.1, 0.15) is 6.04 Å². The minimum absolute atomic E-state index is 0.00719. The first-order valence-corrected chi connectivity index (χ1v) is 7.53. The van der Waals surface area contributed by atoms with Crippen LogP contribution in [0.2, 0.25) is 0 Å². The lowest BCUT2D eigenvalue weighted by Crippen LogP contribution is -2.57. The van der Waals surface area contributed by atoms with Gasteiger partial charge in [0.2, 0.25) is 17.7 Å². The zero-order valence-electron chi connectivity index (χ0n) is 12.4. The van der Waals surface area contributed by atoms with Gasteiger partial charge < -0.3 is 20.3 Å². The van der Waals surface area contributed by atoms with Crippen LogP contribution in [0, 0.1) is 0 Å². The normalized spacial score (nSPS) is 26.5. The second-order valence-electron chi connectivity index (χ2n) is 5.50. The number of carbonyl (C=O) groups excluding carboxylic acids is 3. The van der Waals surface area contributed by atoms with Crippen LogP contribution in [-0.2, 0) is 19.1 Å². The molecule has 7 heteroatoms. The van der Waals surface area contributed by atoms with Crippen LogP contribution in [0.25, 0.3) is 0 Å². The molecule has 2 fully saturated rings. The lowest BCUT2D eigenvalue weighted by Gasteiger charge is -2.39. The molecule has 7 nitrogen and oxygen atoms in total. The average Bonchev–Trinajstić information content (AvgIpc) is 2.53. The van der Waals surface area contributed by atoms with Crippen LogP contribution >= 0.6 is 0 Å². The highest BCUT2D eigenvalue weighted by Crippen LogP contribution is 2.21. The van der Waals surface area contributed by atoms with Crippen LogP contribution < -0.4 is 5.73 Å². The zero-order chi connectivity index (χ0) is 15.4. The van der Waals surface area contributed by atoms with E-state index >= 15 is 0 Å². The van der Waals surface area contributed by atoms with Gasteiger partial charge in [-0.3, -0.25) is 14.4 Å². The van der Waals surface area contributed by atoms with Crippen molar-refractivity contribution in [3.63, 3.8) is 0 Å². The Labute approximate surface area is 124 Å². The predicted octanol–water partition coefficient (Wildman–Crippen LogP) is -0.510. The van der Waals surface area contributed by atoms with Crippen molar-refractivity contribution in [1.82, 2.24) is 9.80 Å². The quantitative estimate of drug-likeness (QED) is 0.759. The SMILES string of the molecule is CCC(=O)N1CCCCC1C(=O)N1CCOC(C(N)=O)C1. The fraction of sp³-hybridized carbons (Fsp3) is 0.786. The highest BCUT2D eigenvalue weighted by molar-refractivity contribution is 5.88. The summed E-state index contributed by atoms with van der Waals surface area (Å²) in [5.41, 5.74) is 5.24. The second-order valence-corrected chi connectivity index (χ2v) is 5.50. The molecule has 2 aliphatic heterocycles. The number of nitrogens with two attached hydrogens (primary N) is 1. The van der Waals surface area contributed by atoms with E-state index in [9.17, 15) is 14.4 Å². The molecule has 21 heavy (non-hydrogen) atoms. The van der Waals surface area contributed by atoms with E-state index in [-0.39, 0.29) is 18.4 Å². The van der Waals surface area contributed by atoms with Crippen molar-refractivity contribution >= 4 is 17.7 Å². The van der Waals surface area contributed by atoms with Gasteiger partial charge in [0.15, 0.2) is 6.10 Å². The Bertz CT molecular complexity index is 426. The Hall–Kier alpha value is -1.63. The van der Waals surface area contributed by atoms with Crippen molar-refractivity contribution in [2.45, 2.75) is 44.8 Å². The predicted molar refractivity (Wildman–Crippen MR) is 75.2 cm³/mol. The molecule has 0 spiro atoms. The molecule has 2 rings (SSSR count). The van der Waals surface area contributed by atoms with Crippen molar-refractivity contribution in [2.75, 3.05) is 26.2 Å². The molecule has 118 valence electrons. The first-order valence-electron chi connectivity index (χ1n) is 7.53. The Morgan fingerprint density at radius 3 is 2.67 bits per heavy atom. The number of primary amides is 1. The molecule has 3 amide bonds. The van der Waals surface area contributed by atoms with Crippen molar-refractivity contribution in [3.8, 4) is 0 Å². The molecule has 0 aromatic carbocycles. The molecule has 0 aromatic rings. The zero-order valence-corrected chi connectivity index (χ0v) is 12.4. The topological polar surface area (TPSA) is 92.9 Å². The molecule has 2 heterocycles. The standard InChI is InChI=1S/C14H23N3O4/c1-2-12(18)17-6-4-3-5-10(17)14(20)16-7-8-21-11(9-16)13(15)19/h10-11H,2-9H2,1H3,(H2,15,19). The third kappa shape index (κ3) is 3.53. The number of piperidine rings is 1. The molecule has 0 radical (unpaired) electrons. The average molecular weight is 297 g/mol. The van der Waals surface area contributed by atoms with E-state index in [2.05, 4.69) is 0 Å². The van der Waals surface area contributed by atoms with E-state index < -0.39 is 18.1 Å². The number of amides is 3. The molecule has 2 N–H and O–H groups in total. The monoisotopic (exact) mass is 297 g/mol. The van der Waals surface area contributed by atoms with E-state index in [0.29, 0.717) is 32.5 Å². The summed E-state index contributed by atoms with van der Waals surface area (Å²) in [4.78, 5) is 39.2. The van der Waals surface area contributed by atoms with Crippen LogP contribution in [0.15, 0.2) is 0 Å². The molecule has 0 bridgehead atoms. The van der Waals surface area contributed by atoms with Gasteiger partial charge in [-0.2, -0.15) is 0 Å². The molecule has 0 aliphatic carbocycles. The van der Waals surface area contributed by atoms with Gasteiger partial charge >= 0.3 is 0 Å². The highest BCUT2D eigenvalue weighted by Gasteiger charge is 2.36. The minimum Gasteiger partial charge on any atom is -0.367 e. The minimum atomic E-state index is -0.749. The summed E-state index contributed by atoms with van der Waals surface area (Å²) in [7, 11) is 0. The first-order chi connectivity index (χ1) is 10.0. The van der Waals surface area contributed by atoms with Gasteiger partial charge in [0.05, 0.1) is 13.2 Å². The summed E-state index contributed by atoms with van der Waals surface area (Å²) in [5, 5.41) is 0. The summed E-state index contributed by atoms with van der Waals surface area (Å²) in [6.45, 7) is 3.35. The summed E-state index contributed by atoms with van der Waals surface area (Å²) in [6, 6.07) is -0.405. The maximum atomic E-state index is 12.7. The van der Waals surface area contributed by atoms with E-state index in [1.165, 1.54) is 0 Å². The van der Waals surface area contributed by atoms with Crippen molar-refractivity contribution in [1.29, 1.82) is 0 Å². The second kappa shape index (κ2) is 6.89. The van der Waals surface area contributed by atoms with Crippen LogP contribution in [-0.4, -0.2) is 65.9 Å². The molecule has 0 aromatic heterocycles. The van der Waals surface area contributed by atoms with Crippen molar-refractivity contribution < 1.29 is 19.1 Å². The van der Waals surface area contributed by atoms with Gasteiger partial charge in [0, 0.05) is 19.5 Å². The Morgan fingerprint density at radius 1 is 1.24 bits per heavy atom. The third-order valence-electron chi connectivity index (χ3n) is 4.11. The van der Waals surface area contributed by atoms with Crippen LogP contribution in [0.1, 0.15) is 32.6 Å². The fourth-order valence-electron chi connectivity index (χ4n) is 2.92. The number of rotatable bonds is 3. The van der Waals surface area contributed by atoms with Gasteiger partial charge in [-0.1, -0.05) is 6.92 Å². The third-order valence-corrected chi connectivity index (χ3v) is 4.11. The molecular formula is C14H23N3O4. The number of likely N-dealkylation sites (tertiary alicyclic amines) is 1.